The van der Waals surface area contributed by atoms with Gasteiger partial charge in [-0.2, -0.15) is 15.0 Å². The first-order valence-electron chi connectivity index (χ1n) is 6.47. The number of rotatable bonds is 4. The Morgan fingerprint density at radius 3 is 2.79 bits per heavy atom. The Bertz CT molecular complexity index is 444. The molecule has 2 unspecified atom stereocenters. The van der Waals surface area contributed by atoms with Crippen molar-refractivity contribution < 1.29 is 9.84 Å². The van der Waals surface area contributed by atoms with Gasteiger partial charge in [0.2, 0.25) is 11.2 Å². The quantitative estimate of drug-likeness (QED) is 0.905. The summed E-state index contributed by atoms with van der Waals surface area (Å²) in [6.45, 7) is 6.77. The summed E-state index contributed by atoms with van der Waals surface area (Å²) in [7, 11) is 0. The maximum atomic E-state index is 9.48. The van der Waals surface area contributed by atoms with Crippen LogP contribution in [-0.4, -0.2) is 45.4 Å². The first-order valence-corrected chi connectivity index (χ1v) is 6.84. The van der Waals surface area contributed by atoms with E-state index in [-0.39, 0.29) is 30.0 Å². The average molecular weight is 287 g/mol. The highest BCUT2D eigenvalue weighted by molar-refractivity contribution is 6.28. The number of nitrogens with zero attached hydrogens (tertiary/aromatic N) is 4. The van der Waals surface area contributed by atoms with Gasteiger partial charge in [-0.15, -0.1) is 0 Å². The molecule has 0 amide bonds. The Balaban J connectivity index is 2.26. The van der Waals surface area contributed by atoms with E-state index in [4.69, 9.17) is 16.3 Å². The number of ether oxygens (including phenoxy) is 1. The molecule has 2 heterocycles. The molecule has 6 nitrogen and oxygen atoms in total. The molecule has 1 aromatic heterocycles. The van der Waals surface area contributed by atoms with E-state index in [1.165, 1.54) is 0 Å². The van der Waals surface area contributed by atoms with E-state index in [9.17, 15) is 5.11 Å². The third kappa shape index (κ3) is 3.25. The molecule has 2 atom stereocenters. The average Bonchev–Trinajstić information content (AvgIpc) is 2.68. The fourth-order valence-corrected chi connectivity index (χ4v) is 2.40. The van der Waals surface area contributed by atoms with Crippen molar-refractivity contribution in [2.45, 2.75) is 39.3 Å². The van der Waals surface area contributed by atoms with Gasteiger partial charge in [0.15, 0.2) is 0 Å². The maximum absolute atomic E-state index is 9.48. The number of aromatic nitrogens is 3. The van der Waals surface area contributed by atoms with Crippen LogP contribution in [0.2, 0.25) is 5.28 Å². The normalized spacial score (nSPS) is 23.2. The van der Waals surface area contributed by atoms with Crippen molar-refractivity contribution in [1.82, 2.24) is 15.0 Å². The molecular formula is C12H19ClN4O2. The van der Waals surface area contributed by atoms with Gasteiger partial charge in [0.25, 0.3) is 0 Å². The second-order valence-electron chi connectivity index (χ2n) is 5.06. The van der Waals surface area contributed by atoms with Crippen LogP contribution in [-0.2, 0) is 0 Å². The molecule has 7 heteroatoms. The minimum Gasteiger partial charge on any atom is -0.461 e. The molecular weight excluding hydrogens is 268 g/mol. The molecule has 1 N–H and O–H groups in total. The molecule has 106 valence electrons. The third-order valence-corrected chi connectivity index (χ3v) is 3.41. The van der Waals surface area contributed by atoms with Gasteiger partial charge in [-0.1, -0.05) is 6.92 Å². The number of hydrogen-bond donors (Lipinski definition) is 1. The molecule has 2 rings (SSSR count). The van der Waals surface area contributed by atoms with Gasteiger partial charge in [-0.3, -0.25) is 0 Å². The Morgan fingerprint density at radius 1 is 1.42 bits per heavy atom. The highest BCUT2D eigenvalue weighted by Gasteiger charge is 2.32. The molecule has 1 aliphatic rings. The molecule has 1 saturated heterocycles. The summed E-state index contributed by atoms with van der Waals surface area (Å²) in [5.74, 6) is 0.869. The number of aliphatic hydroxyl groups is 1. The zero-order valence-electron chi connectivity index (χ0n) is 11.4. The van der Waals surface area contributed by atoms with Gasteiger partial charge in [0.1, 0.15) is 0 Å². The fourth-order valence-electron chi connectivity index (χ4n) is 2.25. The van der Waals surface area contributed by atoms with Crippen molar-refractivity contribution in [3.8, 4) is 6.01 Å². The summed E-state index contributed by atoms with van der Waals surface area (Å²) < 4.78 is 5.46. The largest absolute Gasteiger partial charge is 0.461 e. The highest BCUT2D eigenvalue weighted by Crippen LogP contribution is 2.28. The van der Waals surface area contributed by atoms with E-state index >= 15 is 0 Å². The highest BCUT2D eigenvalue weighted by atomic mass is 35.5. The van der Waals surface area contributed by atoms with E-state index < -0.39 is 0 Å². The summed E-state index contributed by atoms with van der Waals surface area (Å²) in [6, 6.07) is 0.242. The van der Waals surface area contributed by atoms with E-state index in [0.717, 1.165) is 13.0 Å². The minimum atomic E-state index is -0.0301. The van der Waals surface area contributed by atoms with Gasteiger partial charge in [-0.25, -0.2) is 0 Å². The van der Waals surface area contributed by atoms with E-state index in [1.807, 2.05) is 18.7 Å². The van der Waals surface area contributed by atoms with Crippen molar-refractivity contribution in [3.05, 3.63) is 5.28 Å². The molecule has 1 aromatic rings. The van der Waals surface area contributed by atoms with Gasteiger partial charge >= 0.3 is 6.01 Å². The van der Waals surface area contributed by atoms with Crippen LogP contribution in [0.1, 0.15) is 27.2 Å². The third-order valence-electron chi connectivity index (χ3n) is 3.24. The van der Waals surface area contributed by atoms with Gasteiger partial charge < -0.3 is 14.7 Å². The SMILES string of the molecule is CC(C)Oc1nc(Cl)nc(N2CCC(C)C2CO)n1. The minimum absolute atomic E-state index is 0.0189. The van der Waals surface area contributed by atoms with Crippen molar-refractivity contribution in [2.75, 3.05) is 18.1 Å². The monoisotopic (exact) mass is 286 g/mol. The smallest absolute Gasteiger partial charge is 0.322 e. The standard InChI is InChI=1S/C12H19ClN4O2/c1-7(2)19-12-15-10(13)14-11(16-12)17-5-4-8(3)9(17)6-18/h7-9,18H,4-6H2,1-3H3. The number of aliphatic hydroxyl groups excluding tert-OH is 1. The van der Waals surface area contributed by atoms with Crippen molar-refractivity contribution >= 4 is 17.5 Å². The summed E-state index contributed by atoms with van der Waals surface area (Å²) >= 11 is 5.91. The zero-order valence-corrected chi connectivity index (χ0v) is 12.1. The van der Waals surface area contributed by atoms with Crippen LogP contribution in [0.25, 0.3) is 0 Å². The van der Waals surface area contributed by atoms with Gasteiger partial charge in [-0.05, 0) is 37.8 Å². The zero-order chi connectivity index (χ0) is 14.0. The molecule has 0 radical (unpaired) electrons. The molecule has 1 fully saturated rings. The lowest BCUT2D eigenvalue weighted by Gasteiger charge is -2.25. The second kappa shape index (κ2) is 5.88. The summed E-state index contributed by atoms with van der Waals surface area (Å²) in [5, 5.41) is 9.58. The van der Waals surface area contributed by atoms with Gasteiger partial charge in [0, 0.05) is 6.54 Å². The number of halogens is 1. The topological polar surface area (TPSA) is 71.4 Å². The Hall–Kier alpha value is -1.14. The lowest BCUT2D eigenvalue weighted by atomic mass is 10.0. The molecule has 19 heavy (non-hydrogen) atoms. The Morgan fingerprint density at radius 2 is 2.16 bits per heavy atom. The van der Waals surface area contributed by atoms with Gasteiger partial charge in [0.05, 0.1) is 18.8 Å². The van der Waals surface area contributed by atoms with Crippen LogP contribution in [0, 0.1) is 5.92 Å². The predicted octanol–water partition coefficient (Wildman–Crippen LogP) is 1.52. The predicted molar refractivity (Wildman–Crippen MR) is 72.6 cm³/mol. The number of anilines is 1. The van der Waals surface area contributed by atoms with Crippen LogP contribution in [0.15, 0.2) is 0 Å². The Labute approximate surface area is 117 Å². The molecule has 0 aliphatic carbocycles. The number of hydrogen-bond acceptors (Lipinski definition) is 6. The molecule has 0 saturated carbocycles. The summed E-state index contributed by atoms with van der Waals surface area (Å²) in [5.41, 5.74) is 0. The Kier molecular flexibility index (Phi) is 4.42. The lowest BCUT2D eigenvalue weighted by Crippen LogP contribution is -2.36. The molecule has 1 aliphatic heterocycles. The molecule has 0 spiro atoms. The van der Waals surface area contributed by atoms with E-state index in [1.54, 1.807) is 0 Å². The van der Waals surface area contributed by atoms with Crippen molar-refractivity contribution in [1.29, 1.82) is 0 Å². The van der Waals surface area contributed by atoms with Crippen LogP contribution in [0.5, 0.6) is 6.01 Å². The van der Waals surface area contributed by atoms with E-state index in [0.29, 0.717) is 11.9 Å². The van der Waals surface area contributed by atoms with Crippen molar-refractivity contribution in [3.63, 3.8) is 0 Å². The second-order valence-corrected chi connectivity index (χ2v) is 5.40. The van der Waals surface area contributed by atoms with Crippen LogP contribution in [0.3, 0.4) is 0 Å². The first kappa shape index (κ1) is 14.3. The van der Waals surface area contributed by atoms with Crippen LogP contribution >= 0.6 is 11.6 Å². The van der Waals surface area contributed by atoms with Crippen LogP contribution in [0.4, 0.5) is 5.95 Å². The summed E-state index contributed by atoms with van der Waals surface area (Å²) in [6.07, 6.45) is 0.965. The van der Waals surface area contributed by atoms with E-state index in [2.05, 4.69) is 21.9 Å². The lowest BCUT2D eigenvalue weighted by molar-refractivity contribution is 0.220. The molecule has 0 aromatic carbocycles. The van der Waals surface area contributed by atoms with Crippen LogP contribution < -0.4 is 9.64 Å². The summed E-state index contributed by atoms with van der Waals surface area (Å²) in [4.78, 5) is 14.3. The molecule has 0 bridgehead atoms. The van der Waals surface area contributed by atoms with Crippen molar-refractivity contribution in [2.24, 2.45) is 5.92 Å². The first-order chi connectivity index (χ1) is 9.01. The maximum Gasteiger partial charge on any atom is 0.322 e. The fraction of sp³-hybridized carbons (Fsp3) is 0.750.